The molecule has 1 radical (unpaired) electrons. The summed E-state index contributed by atoms with van der Waals surface area (Å²) in [6.07, 6.45) is 4.23. The van der Waals surface area contributed by atoms with Gasteiger partial charge >= 0.3 is 0 Å². The Kier molecular flexibility index (Phi) is 5.78. The van der Waals surface area contributed by atoms with Crippen LogP contribution in [0.5, 0.6) is 0 Å². The van der Waals surface area contributed by atoms with Crippen molar-refractivity contribution in [2.75, 3.05) is 0 Å². The Hall–Kier alpha value is -1.64. The molecule has 0 N–H and O–H groups in total. The second kappa shape index (κ2) is 7.83. The molecule has 0 saturated heterocycles. The lowest BCUT2D eigenvalue weighted by Crippen LogP contribution is -2.46. The second-order valence-electron chi connectivity index (χ2n) is 4.86. The van der Waals surface area contributed by atoms with E-state index in [1.165, 1.54) is 10.4 Å². The summed E-state index contributed by atoms with van der Waals surface area (Å²) in [7, 11) is -1.16. The van der Waals surface area contributed by atoms with Crippen LogP contribution >= 0.6 is 0 Å². The molecule has 20 heavy (non-hydrogen) atoms. The summed E-state index contributed by atoms with van der Waals surface area (Å²) in [6.45, 7) is 5.93. The Bertz CT molecular complexity index is 470. The van der Waals surface area contributed by atoms with E-state index in [0.717, 1.165) is 12.8 Å². The van der Waals surface area contributed by atoms with Gasteiger partial charge in [-0.25, -0.2) is 0 Å². The first-order valence-electron chi connectivity index (χ1n) is 7.06. The average Bonchev–Trinajstić information content (AvgIpc) is 2.52. The lowest BCUT2D eigenvalue weighted by atomic mass is 10.2. The smallest absolute Gasteiger partial charge is 0.283 e. The zero-order valence-electron chi connectivity index (χ0n) is 12.0. The second-order valence-corrected chi connectivity index (χ2v) is 6.90. The third kappa shape index (κ3) is 4.19. The Morgan fingerprint density at radius 3 is 1.95 bits per heavy atom. The fraction of sp³-hybridized carbons (Fsp3) is 0.222. The Balaban J connectivity index is 2.19. The van der Waals surface area contributed by atoms with Crippen LogP contribution in [0.25, 0.3) is 0 Å². The molecular formula is C18H21OSi. The van der Waals surface area contributed by atoms with E-state index in [1.54, 1.807) is 0 Å². The maximum Gasteiger partial charge on any atom is 0.283 e. The summed E-state index contributed by atoms with van der Waals surface area (Å²) >= 11 is 0. The first-order chi connectivity index (χ1) is 9.81. The van der Waals surface area contributed by atoms with Crippen molar-refractivity contribution >= 4 is 19.4 Å². The fourth-order valence-electron chi connectivity index (χ4n) is 2.09. The van der Waals surface area contributed by atoms with Crippen molar-refractivity contribution in [3.8, 4) is 0 Å². The van der Waals surface area contributed by atoms with Gasteiger partial charge in [-0.05, 0) is 30.1 Å². The molecule has 2 rings (SSSR count). The molecule has 1 unspecified atom stereocenters. The Labute approximate surface area is 123 Å². The Morgan fingerprint density at radius 1 is 1.00 bits per heavy atom. The summed E-state index contributed by atoms with van der Waals surface area (Å²) < 4.78 is 6.38. The van der Waals surface area contributed by atoms with Crippen LogP contribution in [-0.4, -0.2) is 15.1 Å². The topological polar surface area (TPSA) is 9.23 Å². The molecule has 0 aliphatic heterocycles. The van der Waals surface area contributed by atoms with Crippen molar-refractivity contribution in [1.82, 2.24) is 0 Å². The molecule has 1 atom stereocenters. The van der Waals surface area contributed by atoms with Crippen molar-refractivity contribution in [2.45, 2.75) is 25.9 Å². The highest BCUT2D eigenvalue weighted by molar-refractivity contribution is 6.80. The van der Waals surface area contributed by atoms with Crippen LogP contribution in [0.1, 0.15) is 19.8 Å². The molecule has 2 heteroatoms. The predicted octanol–water partition coefficient (Wildman–Crippen LogP) is 3.16. The predicted molar refractivity (Wildman–Crippen MR) is 87.9 cm³/mol. The number of hydrogen-bond acceptors (Lipinski definition) is 1. The first-order valence-corrected chi connectivity index (χ1v) is 8.47. The van der Waals surface area contributed by atoms with Crippen LogP contribution in [0, 0.1) is 0 Å². The van der Waals surface area contributed by atoms with Crippen LogP contribution in [0.2, 0.25) is 0 Å². The molecule has 1 nitrogen and oxygen atoms in total. The standard InChI is InChI=1S/C18H21OSi/c1-3-4-11-16(2)19-20(17-12-7-5-8-13-17)18-14-9-6-10-15-18/h3,5-10,12-16H,1,4,11H2,2H3. The molecule has 0 heterocycles. The van der Waals surface area contributed by atoms with Crippen LogP contribution in [-0.2, 0) is 4.43 Å². The van der Waals surface area contributed by atoms with Gasteiger partial charge in [0.15, 0.2) is 0 Å². The van der Waals surface area contributed by atoms with Gasteiger partial charge in [0, 0.05) is 6.10 Å². The minimum atomic E-state index is -1.16. The quantitative estimate of drug-likeness (QED) is 0.559. The van der Waals surface area contributed by atoms with E-state index in [-0.39, 0.29) is 6.10 Å². The summed E-state index contributed by atoms with van der Waals surface area (Å²) in [5, 5.41) is 2.60. The third-order valence-electron chi connectivity index (χ3n) is 3.17. The monoisotopic (exact) mass is 281 g/mol. The van der Waals surface area contributed by atoms with E-state index in [0.29, 0.717) is 0 Å². The summed E-state index contributed by atoms with van der Waals surface area (Å²) in [4.78, 5) is 0. The van der Waals surface area contributed by atoms with Crippen LogP contribution in [0.4, 0.5) is 0 Å². The van der Waals surface area contributed by atoms with Gasteiger partial charge < -0.3 is 4.43 Å². The molecule has 0 fully saturated rings. The molecule has 0 spiro atoms. The number of hydrogen-bond donors (Lipinski definition) is 0. The summed E-state index contributed by atoms with van der Waals surface area (Å²) in [5.41, 5.74) is 0. The largest absolute Gasteiger partial charge is 0.405 e. The van der Waals surface area contributed by atoms with E-state index in [2.05, 4.69) is 74.2 Å². The van der Waals surface area contributed by atoms with Crippen LogP contribution < -0.4 is 10.4 Å². The van der Waals surface area contributed by atoms with Gasteiger partial charge in [0.2, 0.25) is 0 Å². The van der Waals surface area contributed by atoms with Crippen molar-refractivity contribution in [3.05, 3.63) is 73.3 Å². The lowest BCUT2D eigenvalue weighted by molar-refractivity contribution is 0.221. The van der Waals surface area contributed by atoms with Gasteiger partial charge in [0.1, 0.15) is 0 Å². The summed E-state index contributed by atoms with van der Waals surface area (Å²) in [5.74, 6) is 0. The molecule has 2 aromatic rings. The van der Waals surface area contributed by atoms with Crippen LogP contribution in [0.15, 0.2) is 73.3 Å². The van der Waals surface area contributed by atoms with E-state index >= 15 is 0 Å². The van der Waals surface area contributed by atoms with Gasteiger partial charge in [-0.2, -0.15) is 0 Å². The highest BCUT2D eigenvalue weighted by Crippen LogP contribution is 2.05. The lowest BCUT2D eigenvalue weighted by Gasteiger charge is -2.21. The number of benzene rings is 2. The average molecular weight is 281 g/mol. The van der Waals surface area contributed by atoms with E-state index in [9.17, 15) is 0 Å². The molecule has 0 aliphatic rings. The molecule has 0 amide bonds. The fourth-order valence-corrected chi connectivity index (χ4v) is 4.21. The molecule has 103 valence electrons. The zero-order valence-corrected chi connectivity index (χ0v) is 13.0. The van der Waals surface area contributed by atoms with Crippen molar-refractivity contribution < 1.29 is 4.43 Å². The Morgan fingerprint density at radius 2 is 1.50 bits per heavy atom. The van der Waals surface area contributed by atoms with Gasteiger partial charge in [-0.1, -0.05) is 66.7 Å². The molecule has 2 aromatic carbocycles. The van der Waals surface area contributed by atoms with Gasteiger partial charge in [-0.15, -0.1) is 6.58 Å². The van der Waals surface area contributed by atoms with Gasteiger partial charge in [-0.3, -0.25) is 0 Å². The van der Waals surface area contributed by atoms with E-state index in [1.807, 2.05) is 6.08 Å². The van der Waals surface area contributed by atoms with Crippen molar-refractivity contribution in [3.63, 3.8) is 0 Å². The minimum Gasteiger partial charge on any atom is -0.405 e. The normalized spacial score (nSPS) is 12.3. The molecule has 0 saturated carbocycles. The van der Waals surface area contributed by atoms with Crippen LogP contribution in [0.3, 0.4) is 0 Å². The molecular weight excluding hydrogens is 260 g/mol. The van der Waals surface area contributed by atoms with Gasteiger partial charge in [0.25, 0.3) is 9.04 Å². The van der Waals surface area contributed by atoms with Crippen molar-refractivity contribution in [2.24, 2.45) is 0 Å². The van der Waals surface area contributed by atoms with E-state index in [4.69, 9.17) is 4.43 Å². The molecule has 0 aromatic heterocycles. The summed E-state index contributed by atoms with van der Waals surface area (Å²) in [6, 6.07) is 21.1. The van der Waals surface area contributed by atoms with Gasteiger partial charge in [0.05, 0.1) is 0 Å². The number of allylic oxidation sites excluding steroid dienone is 1. The number of rotatable bonds is 7. The SMILES string of the molecule is C=CCCC(C)O[Si](c1ccccc1)c1ccccc1. The van der Waals surface area contributed by atoms with Crippen molar-refractivity contribution in [1.29, 1.82) is 0 Å². The molecule has 0 aliphatic carbocycles. The zero-order chi connectivity index (χ0) is 14.2. The maximum absolute atomic E-state index is 6.38. The highest BCUT2D eigenvalue weighted by atomic mass is 28.3. The highest BCUT2D eigenvalue weighted by Gasteiger charge is 2.21. The minimum absolute atomic E-state index is 0.252. The van der Waals surface area contributed by atoms with E-state index < -0.39 is 9.04 Å². The third-order valence-corrected chi connectivity index (χ3v) is 5.52. The first kappa shape index (κ1) is 14.8. The maximum atomic E-state index is 6.38. The molecule has 0 bridgehead atoms.